The number of benzene rings is 1. The van der Waals surface area contributed by atoms with Crippen LogP contribution in [0.5, 0.6) is 0 Å². The fourth-order valence-corrected chi connectivity index (χ4v) is 1.41. The van der Waals surface area contributed by atoms with Crippen LogP contribution in [0.3, 0.4) is 0 Å². The molecule has 1 rings (SSSR count). The van der Waals surface area contributed by atoms with Crippen molar-refractivity contribution in [3.05, 3.63) is 35.9 Å². The van der Waals surface area contributed by atoms with E-state index in [2.05, 4.69) is 5.16 Å². The Balaban J connectivity index is 2.32. The maximum absolute atomic E-state index is 11.0. The van der Waals surface area contributed by atoms with Crippen molar-refractivity contribution >= 4 is 11.9 Å². The number of esters is 1. The molecule has 1 aromatic rings. The third kappa shape index (κ3) is 5.15. The largest absolute Gasteiger partial charge is 0.408 e. The monoisotopic (exact) mass is 235 g/mol. The smallest absolute Gasteiger partial charge is 0.312 e. The van der Waals surface area contributed by atoms with E-state index in [1.165, 1.54) is 5.56 Å². The zero-order chi connectivity index (χ0) is 12.5. The summed E-state index contributed by atoms with van der Waals surface area (Å²) in [6, 6.07) is 10.00. The van der Waals surface area contributed by atoms with Gasteiger partial charge in [-0.1, -0.05) is 42.4 Å². The Hall–Kier alpha value is -1.84. The molecule has 0 atom stereocenters. The number of ether oxygens (including phenoxy) is 1. The van der Waals surface area contributed by atoms with Crippen LogP contribution in [-0.2, 0) is 16.0 Å². The maximum Gasteiger partial charge on any atom is 0.312 e. The minimum Gasteiger partial charge on any atom is -0.408 e. The minimum atomic E-state index is -0.377. The second kappa shape index (κ2) is 7.44. The molecule has 0 fully saturated rings. The van der Waals surface area contributed by atoms with Gasteiger partial charge in [0.1, 0.15) is 0 Å². The number of carbonyl (C=O) groups excluding carboxylic acids is 1. The van der Waals surface area contributed by atoms with Crippen LogP contribution in [0.1, 0.15) is 31.7 Å². The summed E-state index contributed by atoms with van der Waals surface area (Å²) < 4.78 is 4.85. The molecule has 0 aliphatic carbocycles. The van der Waals surface area contributed by atoms with Crippen molar-refractivity contribution in [3.8, 4) is 0 Å². The molecular formula is C13H17NO3. The molecule has 0 saturated heterocycles. The lowest BCUT2D eigenvalue weighted by Crippen LogP contribution is -2.11. The number of nitrogens with zero attached hydrogens (tertiary/aromatic N) is 1. The summed E-state index contributed by atoms with van der Waals surface area (Å²) in [7, 11) is 0. The Morgan fingerprint density at radius 2 is 2.06 bits per heavy atom. The Labute approximate surface area is 101 Å². The Kier molecular flexibility index (Phi) is 5.79. The third-order valence-corrected chi connectivity index (χ3v) is 2.33. The van der Waals surface area contributed by atoms with Crippen molar-refractivity contribution in [2.24, 2.45) is 5.16 Å². The van der Waals surface area contributed by atoms with E-state index in [0.717, 1.165) is 12.8 Å². The SMILES string of the molecule is CCC(=O)O/C(CCCc1ccccc1)=N\O. The molecule has 0 aliphatic rings. The molecule has 1 N–H and O–H groups in total. The van der Waals surface area contributed by atoms with Crippen LogP contribution in [-0.4, -0.2) is 17.1 Å². The van der Waals surface area contributed by atoms with E-state index in [-0.39, 0.29) is 18.3 Å². The molecular weight excluding hydrogens is 218 g/mol. The van der Waals surface area contributed by atoms with Gasteiger partial charge in [0, 0.05) is 12.8 Å². The van der Waals surface area contributed by atoms with E-state index in [9.17, 15) is 4.79 Å². The Morgan fingerprint density at radius 3 is 2.65 bits per heavy atom. The first-order chi connectivity index (χ1) is 8.26. The van der Waals surface area contributed by atoms with Crippen LogP contribution in [0.2, 0.25) is 0 Å². The van der Waals surface area contributed by atoms with Crippen LogP contribution in [0, 0.1) is 0 Å². The van der Waals surface area contributed by atoms with Gasteiger partial charge in [-0.05, 0) is 18.4 Å². The van der Waals surface area contributed by atoms with Gasteiger partial charge in [0.05, 0.1) is 0 Å². The topological polar surface area (TPSA) is 58.9 Å². The molecule has 0 aliphatic heterocycles. The zero-order valence-corrected chi connectivity index (χ0v) is 9.93. The molecule has 4 nitrogen and oxygen atoms in total. The second-order valence-corrected chi connectivity index (χ2v) is 3.66. The summed E-state index contributed by atoms with van der Waals surface area (Å²) in [6.45, 7) is 1.70. The van der Waals surface area contributed by atoms with Gasteiger partial charge in [-0.15, -0.1) is 0 Å². The van der Waals surface area contributed by atoms with Crippen LogP contribution in [0.4, 0.5) is 0 Å². The number of oxime groups is 1. The average molecular weight is 235 g/mol. The van der Waals surface area contributed by atoms with Crippen molar-refractivity contribution in [1.29, 1.82) is 0 Å². The maximum atomic E-state index is 11.0. The molecule has 0 amide bonds. The first-order valence-corrected chi connectivity index (χ1v) is 5.71. The van der Waals surface area contributed by atoms with Gasteiger partial charge in [0.25, 0.3) is 0 Å². The lowest BCUT2D eigenvalue weighted by molar-refractivity contribution is -0.135. The van der Waals surface area contributed by atoms with Crippen LogP contribution in [0.15, 0.2) is 35.5 Å². The number of carbonyl (C=O) groups is 1. The summed E-state index contributed by atoms with van der Waals surface area (Å²) >= 11 is 0. The number of aryl methyl sites for hydroxylation is 1. The average Bonchev–Trinajstić information content (AvgIpc) is 2.38. The molecule has 4 heteroatoms. The van der Waals surface area contributed by atoms with Gasteiger partial charge in [-0.25, -0.2) is 0 Å². The lowest BCUT2D eigenvalue weighted by Gasteiger charge is -2.04. The highest BCUT2D eigenvalue weighted by molar-refractivity contribution is 5.88. The molecule has 0 radical (unpaired) electrons. The molecule has 0 unspecified atom stereocenters. The molecule has 1 aromatic carbocycles. The van der Waals surface area contributed by atoms with E-state index in [1.54, 1.807) is 6.92 Å². The highest BCUT2D eigenvalue weighted by Crippen LogP contribution is 2.06. The molecule has 0 bridgehead atoms. The van der Waals surface area contributed by atoms with Gasteiger partial charge >= 0.3 is 5.97 Å². The minimum absolute atomic E-state index is 0.0905. The van der Waals surface area contributed by atoms with Gasteiger partial charge < -0.3 is 9.94 Å². The van der Waals surface area contributed by atoms with Gasteiger partial charge in [0.15, 0.2) is 0 Å². The normalized spacial score (nSPS) is 11.2. The predicted molar refractivity (Wildman–Crippen MR) is 65.0 cm³/mol. The van der Waals surface area contributed by atoms with E-state index in [4.69, 9.17) is 9.94 Å². The van der Waals surface area contributed by atoms with Crippen molar-refractivity contribution in [2.45, 2.75) is 32.6 Å². The van der Waals surface area contributed by atoms with E-state index in [1.807, 2.05) is 30.3 Å². The summed E-state index contributed by atoms with van der Waals surface area (Å²) in [5, 5.41) is 11.7. The Bertz CT molecular complexity index is 374. The molecule has 0 heterocycles. The molecule has 0 saturated carbocycles. The molecule has 0 aromatic heterocycles. The van der Waals surface area contributed by atoms with Crippen LogP contribution >= 0.6 is 0 Å². The Morgan fingerprint density at radius 1 is 1.35 bits per heavy atom. The van der Waals surface area contributed by atoms with Gasteiger partial charge in [-0.3, -0.25) is 4.79 Å². The van der Waals surface area contributed by atoms with E-state index in [0.29, 0.717) is 6.42 Å². The van der Waals surface area contributed by atoms with Crippen molar-refractivity contribution < 1.29 is 14.7 Å². The second-order valence-electron chi connectivity index (χ2n) is 3.66. The summed E-state index contributed by atoms with van der Waals surface area (Å²) in [4.78, 5) is 11.0. The number of hydrogen-bond acceptors (Lipinski definition) is 4. The summed E-state index contributed by atoms with van der Waals surface area (Å²) in [5.41, 5.74) is 1.21. The lowest BCUT2D eigenvalue weighted by atomic mass is 10.1. The fraction of sp³-hybridized carbons (Fsp3) is 0.385. The molecule has 92 valence electrons. The van der Waals surface area contributed by atoms with Crippen molar-refractivity contribution in [2.75, 3.05) is 0 Å². The third-order valence-electron chi connectivity index (χ3n) is 2.33. The highest BCUT2D eigenvalue weighted by Gasteiger charge is 2.07. The van der Waals surface area contributed by atoms with Crippen molar-refractivity contribution in [3.63, 3.8) is 0 Å². The molecule has 0 spiro atoms. The standard InChI is InChI=1S/C13H17NO3/c1-2-13(15)17-12(14-16)10-6-9-11-7-4-3-5-8-11/h3-5,7-8,16H,2,6,9-10H2,1H3/b14-12-. The first-order valence-electron chi connectivity index (χ1n) is 5.71. The summed E-state index contributed by atoms with van der Waals surface area (Å²) in [5.74, 6) is -0.287. The predicted octanol–water partition coefficient (Wildman–Crippen LogP) is 2.75. The van der Waals surface area contributed by atoms with Gasteiger partial charge in [0.2, 0.25) is 5.90 Å². The first kappa shape index (κ1) is 13.2. The number of hydrogen-bond donors (Lipinski definition) is 1. The van der Waals surface area contributed by atoms with Crippen LogP contribution in [0.25, 0.3) is 0 Å². The molecule has 17 heavy (non-hydrogen) atoms. The van der Waals surface area contributed by atoms with Crippen LogP contribution < -0.4 is 0 Å². The summed E-state index contributed by atoms with van der Waals surface area (Å²) in [6.07, 6.45) is 2.37. The van der Waals surface area contributed by atoms with E-state index < -0.39 is 0 Å². The van der Waals surface area contributed by atoms with Crippen molar-refractivity contribution in [1.82, 2.24) is 0 Å². The van der Waals surface area contributed by atoms with E-state index >= 15 is 0 Å². The van der Waals surface area contributed by atoms with Gasteiger partial charge in [-0.2, -0.15) is 0 Å². The quantitative estimate of drug-likeness (QED) is 0.281. The zero-order valence-electron chi connectivity index (χ0n) is 9.93. The fourth-order valence-electron chi connectivity index (χ4n) is 1.41. The highest BCUT2D eigenvalue weighted by atomic mass is 16.6. The number of rotatable bonds is 5.